The lowest BCUT2D eigenvalue weighted by molar-refractivity contribution is 0.414. The summed E-state index contributed by atoms with van der Waals surface area (Å²) >= 11 is 0. The van der Waals surface area contributed by atoms with Crippen molar-refractivity contribution >= 4 is 11.0 Å². The number of hydrogen-bond donors (Lipinski definition) is 1. The smallest absolute Gasteiger partial charge is 0.326 e. The molecule has 0 atom stereocenters. The molecule has 2 heterocycles. The maximum Gasteiger partial charge on any atom is 0.326 e. The van der Waals surface area contributed by atoms with Gasteiger partial charge in [-0.2, -0.15) is 5.10 Å². The Hall–Kier alpha value is -3.35. The van der Waals surface area contributed by atoms with E-state index in [1.807, 2.05) is 55.6 Å². The van der Waals surface area contributed by atoms with Gasteiger partial charge in [0, 0.05) is 26.4 Å². The Kier molecular flexibility index (Phi) is 4.50. The summed E-state index contributed by atoms with van der Waals surface area (Å²) in [7, 11) is 3.54. The van der Waals surface area contributed by atoms with E-state index in [-0.39, 0.29) is 5.69 Å². The number of imidazole rings is 1. The van der Waals surface area contributed by atoms with Crippen molar-refractivity contribution in [1.29, 1.82) is 0 Å². The van der Waals surface area contributed by atoms with E-state index < -0.39 is 0 Å². The highest BCUT2D eigenvalue weighted by Crippen LogP contribution is 2.14. The summed E-state index contributed by atoms with van der Waals surface area (Å²) in [6.07, 6.45) is 1.29. The second-order valence-corrected chi connectivity index (χ2v) is 6.44. The average molecular weight is 363 g/mol. The van der Waals surface area contributed by atoms with E-state index in [2.05, 4.69) is 15.1 Å². The third-order valence-corrected chi connectivity index (χ3v) is 4.66. The van der Waals surface area contributed by atoms with Crippen LogP contribution in [0.25, 0.3) is 11.0 Å². The topological polar surface area (TPSA) is 77.7 Å². The fourth-order valence-electron chi connectivity index (χ4n) is 3.23. The predicted octanol–water partition coefficient (Wildman–Crippen LogP) is 2.30. The molecule has 2 aromatic carbocycles. The zero-order valence-corrected chi connectivity index (χ0v) is 15.3. The number of nitrogens with one attached hydrogen (secondary N) is 1. The van der Waals surface area contributed by atoms with Crippen LogP contribution in [0.1, 0.15) is 17.2 Å². The molecule has 0 saturated heterocycles. The van der Waals surface area contributed by atoms with Crippen molar-refractivity contribution in [3.05, 3.63) is 76.2 Å². The number of aromatic nitrogens is 5. The highest BCUT2D eigenvalue weighted by molar-refractivity contribution is 5.74. The Morgan fingerprint density at radius 3 is 2.67 bits per heavy atom. The van der Waals surface area contributed by atoms with E-state index in [9.17, 15) is 4.79 Å². The number of benzene rings is 2. The van der Waals surface area contributed by atoms with Crippen LogP contribution in [0.4, 0.5) is 0 Å². The molecule has 4 rings (SSSR count). The Labute approximate surface area is 156 Å². The fraction of sp³-hybridized carbons (Fsp3) is 0.250. The highest BCUT2D eigenvalue weighted by Gasteiger charge is 2.11. The number of nitrogens with zero attached hydrogens (tertiary/aromatic N) is 4. The van der Waals surface area contributed by atoms with Gasteiger partial charge in [-0.15, -0.1) is 0 Å². The summed E-state index contributed by atoms with van der Waals surface area (Å²) in [5, 5.41) is 4.51. The van der Waals surface area contributed by atoms with Gasteiger partial charge in [-0.1, -0.05) is 24.3 Å². The molecule has 0 bridgehead atoms. The Morgan fingerprint density at radius 2 is 1.89 bits per heavy atom. The summed E-state index contributed by atoms with van der Waals surface area (Å²) in [6.45, 7) is 0.553. The third-order valence-electron chi connectivity index (χ3n) is 4.66. The SMILES string of the molecule is COc1ccc(Cc2nc(CCn3c(=O)[nH]c4ccccc43)n(C)n2)cc1. The van der Waals surface area contributed by atoms with Gasteiger partial charge in [0.25, 0.3) is 0 Å². The quantitative estimate of drug-likeness (QED) is 0.570. The molecule has 0 radical (unpaired) electrons. The number of hydrogen-bond acceptors (Lipinski definition) is 4. The summed E-state index contributed by atoms with van der Waals surface area (Å²) in [5.74, 6) is 2.46. The first-order valence-electron chi connectivity index (χ1n) is 8.83. The van der Waals surface area contributed by atoms with Crippen molar-refractivity contribution in [2.75, 3.05) is 7.11 Å². The van der Waals surface area contributed by atoms with Crippen LogP contribution in [0, 0.1) is 0 Å². The molecule has 138 valence electrons. The zero-order chi connectivity index (χ0) is 18.8. The molecule has 0 aliphatic heterocycles. The standard InChI is InChI=1S/C20H21N5O2/c1-24-19(11-12-25-17-6-4-3-5-16(17)21-20(25)26)22-18(23-24)13-14-7-9-15(27-2)10-8-14/h3-10H,11-13H2,1-2H3,(H,21,26). The molecule has 0 fully saturated rings. The highest BCUT2D eigenvalue weighted by atomic mass is 16.5. The maximum absolute atomic E-state index is 12.2. The van der Waals surface area contributed by atoms with E-state index in [1.165, 1.54) is 0 Å². The fourth-order valence-corrected chi connectivity index (χ4v) is 3.23. The molecular formula is C20H21N5O2. The van der Waals surface area contributed by atoms with Crippen LogP contribution in [-0.4, -0.2) is 31.4 Å². The van der Waals surface area contributed by atoms with Gasteiger partial charge in [0.05, 0.1) is 18.1 Å². The minimum atomic E-state index is -0.100. The number of H-pyrrole nitrogens is 1. The second-order valence-electron chi connectivity index (χ2n) is 6.44. The van der Waals surface area contributed by atoms with Gasteiger partial charge in [0.1, 0.15) is 11.6 Å². The number of methoxy groups -OCH3 is 1. The molecular weight excluding hydrogens is 342 g/mol. The normalized spacial score (nSPS) is 11.2. The molecule has 0 spiro atoms. The van der Waals surface area contributed by atoms with Crippen molar-refractivity contribution in [2.24, 2.45) is 7.05 Å². The molecule has 4 aromatic rings. The molecule has 2 aromatic heterocycles. The van der Waals surface area contributed by atoms with E-state index in [4.69, 9.17) is 4.74 Å². The Bertz CT molecular complexity index is 1120. The summed E-state index contributed by atoms with van der Waals surface area (Å²) in [6, 6.07) is 15.6. The van der Waals surface area contributed by atoms with Gasteiger partial charge in [-0.25, -0.2) is 9.78 Å². The van der Waals surface area contributed by atoms with Crippen LogP contribution in [-0.2, 0) is 26.4 Å². The molecule has 27 heavy (non-hydrogen) atoms. The number of ether oxygens (including phenoxy) is 1. The van der Waals surface area contributed by atoms with E-state index in [1.54, 1.807) is 16.4 Å². The largest absolute Gasteiger partial charge is 0.497 e. The number of para-hydroxylation sites is 2. The van der Waals surface area contributed by atoms with Gasteiger partial charge in [-0.3, -0.25) is 9.25 Å². The average Bonchev–Trinajstić information content (AvgIpc) is 3.19. The van der Waals surface area contributed by atoms with Crippen molar-refractivity contribution in [3.8, 4) is 5.75 Å². The zero-order valence-electron chi connectivity index (χ0n) is 15.3. The maximum atomic E-state index is 12.2. The van der Waals surface area contributed by atoms with Crippen molar-refractivity contribution in [3.63, 3.8) is 0 Å². The molecule has 0 aliphatic rings. The molecule has 7 heteroatoms. The van der Waals surface area contributed by atoms with Gasteiger partial charge < -0.3 is 9.72 Å². The van der Waals surface area contributed by atoms with Gasteiger partial charge in [0.2, 0.25) is 0 Å². The van der Waals surface area contributed by atoms with Crippen molar-refractivity contribution < 1.29 is 4.74 Å². The minimum Gasteiger partial charge on any atom is -0.497 e. The molecule has 1 N–H and O–H groups in total. The molecule has 0 saturated carbocycles. The van der Waals surface area contributed by atoms with Gasteiger partial charge >= 0.3 is 5.69 Å². The Balaban J connectivity index is 1.49. The van der Waals surface area contributed by atoms with E-state index in [0.29, 0.717) is 19.4 Å². The summed E-state index contributed by atoms with van der Waals surface area (Å²) in [5.41, 5.74) is 2.78. The van der Waals surface area contributed by atoms with Crippen LogP contribution >= 0.6 is 0 Å². The third kappa shape index (κ3) is 3.48. The van der Waals surface area contributed by atoms with Crippen LogP contribution in [0.3, 0.4) is 0 Å². The van der Waals surface area contributed by atoms with E-state index >= 15 is 0 Å². The van der Waals surface area contributed by atoms with Crippen LogP contribution < -0.4 is 10.4 Å². The summed E-state index contributed by atoms with van der Waals surface area (Å²) < 4.78 is 8.72. The van der Waals surface area contributed by atoms with Gasteiger partial charge in [-0.05, 0) is 29.8 Å². The molecule has 0 amide bonds. The molecule has 0 unspecified atom stereocenters. The lowest BCUT2D eigenvalue weighted by atomic mass is 10.1. The first-order chi connectivity index (χ1) is 13.1. The number of fused-ring (bicyclic) bond motifs is 1. The van der Waals surface area contributed by atoms with Crippen LogP contribution in [0.15, 0.2) is 53.3 Å². The van der Waals surface area contributed by atoms with Crippen molar-refractivity contribution in [1.82, 2.24) is 24.3 Å². The molecule has 0 aliphatic carbocycles. The van der Waals surface area contributed by atoms with Crippen LogP contribution in [0.2, 0.25) is 0 Å². The van der Waals surface area contributed by atoms with Crippen LogP contribution in [0.5, 0.6) is 5.75 Å². The second kappa shape index (κ2) is 7.11. The Morgan fingerprint density at radius 1 is 1.11 bits per heavy atom. The number of aromatic amines is 1. The van der Waals surface area contributed by atoms with Crippen molar-refractivity contribution in [2.45, 2.75) is 19.4 Å². The lowest BCUT2D eigenvalue weighted by Crippen LogP contribution is -2.18. The predicted molar refractivity (Wildman–Crippen MR) is 103 cm³/mol. The number of aryl methyl sites for hydroxylation is 3. The number of rotatable bonds is 6. The lowest BCUT2D eigenvalue weighted by Gasteiger charge is -2.02. The van der Waals surface area contributed by atoms with Gasteiger partial charge in [0.15, 0.2) is 5.82 Å². The minimum absolute atomic E-state index is 0.100. The first-order valence-corrected chi connectivity index (χ1v) is 8.83. The molecule has 7 nitrogen and oxygen atoms in total. The van der Waals surface area contributed by atoms with E-state index in [0.717, 1.165) is 34.0 Å². The summed E-state index contributed by atoms with van der Waals surface area (Å²) in [4.78, 5) is 19.7. The first kappa shape index (κ1) is 17.1. The monoisotopic (exact) mass is 363 g/mol.